The summed E-state index contributed by atoms with van der Waals surface area (Å²) < 4.78 is 46.2. The number of hydrogen-bond acceptors (Lipinski definition) is 7. The lowest BCUT2D eigenvalue weighted by atomic mass is 9.87. The van der Waals surface area contributed by atoms with Gasteiger partial charge in [-0.3, -0.25) is 23.7 Å². The van der Waals surface area contributed by atoms with Crippen LogP contribution in [0.4, 0.5) is 24.5 Å². The third-order valence-electron chi connectivity index (χ3n) is 6.97. The number of imide groups is 1. The number of rotatable bonds is 5. The van der Waals surface area contributed by atoms with Gasteiger partial charge >= 0.3 is 11.0 Å². The highest BCUT2D eigenvalue weighted by Crippen LogP contribution is 2.54. The number of nitrogens with zero attached hydrogens (tertiary/aromatic N) is 2. The van der Waals surface area contributed by atoms with E-state index >= 15 is 0 Å². The predicted octanol–water partition coefficient (Wildman–Crippen LogP) is 5.26. The minimum absolute atomic E-state index is 0.0755. The largest absolute Gasteiger partial charge is 0.469 e. The van der Waals surface area contributed by atoms with Crippen molar-refractivity contribution in [3.8, 4) is 0 Å². The molecular formula is C28H20F3N3O5S2. The highest BCUT2D eigenvalue weighted by Gasteiger charge is 2.57. The zero-order chi connectivity index (χ0) is 29.1. The smallest absolute Gasteiger partial charge is 0.416 e. The van der Waals surface area contributed by atoms with Crippen LogP contribution < -0.4 is 15.1 Å². The molecule has 2 aromatic heterocycles. The number of halogens is 3. The van der Waals surface area contributed by atoms with E-state index in [1.54, 1.807) is 36.4 Å². The Labute approximate surface area is 238 Å². The molecule has 210 valence electrons. The van der Waals surface area contributed by atoms with Crippen LogP contribution >= 0.6 is 23.1 Å². The number of fused-ring (bicyclic) bond motifs is 2. The van der Waals surface area contributed by atoms with Crippen LogP contribution in [0.15, 0.2) is 81.2 Å². The van der Waals surface area contributed by atoms with Crippen LogP contribution in [0.2, 0.25) is 0 Å². The zero-order valence-corrected chi connectivity index (χ0v) is 22.8. The Hall–Kier alpha value is -4.10. The van der Waals surface area contributed by atoms with E-state index in [0.29, 0.717) is 21.4 Å². The van der Waals surface area contributed by atoms with E-state index in [9.17, 15) is 32.3 Å². The highest BCUT2D eigenvalue weighted by molar-refractivity contribution is 8.00. The van der Waals surface area contributed by atoms with Gasteiger partial charge < -0.3 is 9.73 Å². The molecule has 0 saturated carbocycles. The van der Waals surface area contributed by atoms with Gasteiger partial charge in [-0.15, -0.1) is 0 Å². The molecule has 2 aromatic carbocycles. The van der Waals surface area contributed by atoms with Crippen LogP contribution in [-0.4, -0.2) is 27.5 Å². The first kappa shape index (κ1) is 27.1. The summed E-state index contributed by atoms with van der Waals surface area (Å²) in [5, 5.41) is 1.86. The highest BCUT2D eigenvalue weighted by atomic mass is 32.2. The molecule has 8 nitrogen and oxygen atoms in total. The number of hydrogen-bond donors (Lipinski definition) is 1. The Bertz CT molecular complexity index is 1730. The van der Waals surface area contributed by atoms with E-state index in [0.717, 1.165) is 45.7 Å². The molecule has 41 heavy (non-hydrogen) atoms. The normalized spacial score (nSPS) is 20.2. The second-order valence-corrected chi connectivity index (χ2v) is 11.8. The summed E-state index contributed by atoms with van der Waals surface area (Å²) in [4.78, 5) is 54.5. The Balaban J connectivity index is 1.35. The summed E-state index contributed by atoms with van der Waals surface area (Å²) in [6.07, 6.45) is -3.15. The van der Waals surface area contributed by atoms with Crippen molar-refractivity contribution < 1.29 is 32.0 Å². The van der Waals surface area contributed by atoms with Crippen molar-refractivity contribution in [3.63, 3.8) is 0 Å². The second-order valence-electron chi connectivity index (χ2n) is 9.66. The first-order chi connectivity index (χ1) is 19.5. The number of furan rings is 1. The maximum absolute atomic E-state index is 13.7. The van der Waals surface area contributed by atoms with E-state index in [-0.39, 0.29) is 5.69 Å². The molecule has 3 atom stereocenters. The Morgan fingerprint density at radius 2 is 1.78 bits per heavy atom. The molecule has 13 heteroatoms. The van der Waals surface area contributed by atoms with Gasteiger partial charge in [0.05, 0.1) is 39.3 Å². The third-order valence-corrected chi connectivity index (χ3v) is 9.57. The Morgan fingerprint density at radius 1 is 1.02 bits per heavy atom. The van der Waals surface area contributed by atoms with Crippen molar-refractivity contribution >= 4 is 52.2 Å². The van der Waals surface area contributed by atoms with Crippen molar-refractivity contribution in [3.05, 3.63) is 98.4 Å². The van der Waals surface area contributed by atoms with E-state index in [2.05, 4.69) is 5.32 Å². The summed E-state index contributed by atoms with van der Waals surface area (Å²) in [5.41, 5.74) is 0.391. The van der Waals surface area contributed by atoms with Gasteiger partial charge in [-0.1, -0.05) is 46.9 Å². The molecule has 3 amide bonds. The number of nitrogens with one attached hydrogen (secondary N) is 1. The van der Waals surface area contributed by atoms with Crippen LogP contribution in [0, 0.1) is 12.8 Å². The molecule has 0 aliphatic carbocycles. The van der Waals surface area contributed by atoms with Crippen molar-refractivity contribution in [2.45, 2.75) is 35.8 Å². The lowest BCUT2D eigenvalue weighted by Gasteiger charge is -2.29. The van der Waals surface area contributed by atoms with Gasteiger partial charge in [0, 0.05) is 5.69 Å². The third kappa shape index (κ3) is 4.78. The number of anilines is 2. The molecule has 3 unspecified atom stereocenters. The van der Waals surface area contributed by atoms with Crippen LogP contribution in [-0.2, 0) is 27.1 Å². The predicted molar refractivity (Wildman–Crippen MR) is 146 cm³/mol. The van der Waals surface area contributed by atoms with Gasteiger partial charge in [0.15, 0.2) is 0 Å². The Morgan fingerprint density at radius 3 is 2.46 bits per heavy atom. The van der Waals surface area contributed by atoms with Crippen molar-refractivity contribution in [1.29, 1.82) is 0 Å². The molecule has 0 bridgehead atoms. The maximum atomic E-state index is 13.7. The summed E-state index contributed by atoms with van der Waals surface area (Å²) in [5.74, 6) is -2.79. The van der Waals surface area contributed by atoms with Gasteiger partial charge in [0.1, 0.15) is 17.6 Å². The fourth-order valence-corrected chi connectivity index (χ4v) is 7.85. The number of aryl methyl sites for hydroxylation is 1. The second kappa shape index (κ2) is 10.1. The molecule has 1 N–H and O–H groups in total. The van der Waals surface area contributed by atoms with Gasteiger partial charge in [0.2, 0.25) is 17.7 Å². The number of thioether (sulfide) groups is 1. The average Bonchev–Trinajstić information content (AvgIpc) is 3.62. The van der Waals surface area contributed by atoms with Crippen molar-refractivity contribution in [2.75, 3.05) is 10.2 Å². The molecule has 4 aromatic rings. The van der Waals surface area contributed by atoms with Crippen LogP contribution in [0.1, 0.15) is 27.7 Å². The number of aromatic nitrogens is 1. The summed E-state index contributed by atoms with van der Waals surface area (Å²) in [7, 11) is 0. The molecule has 6 rings (SSSR count). The molecule has 0 spiro atoms. The number of amides is 3. The van der Waals surface area contributed by atoms with Crippen molar-refractivity contribution in [2.24, 2.45) is 5.92 Å². The number of alkyl halides is 3. The first-order valence-electron chi connectivity index (χ1n) is 12.4. The molecule has 2 aliphatic rings. The SMILES string of the molecule is Cc1ccc(N2C(=O)C3Sc4c(sc(=O)n4CC(=O)Nc4cccc(C(F)(F)F)c4)C(c4ccco4)C3C2=O)cc1. The monoisotopic (exact) mass is 599 g/mol. The van der Waals surface area contributed by atoms with Gasteiger partial charge in [-0.25, -0.2) is 4.90 Å². The van der Waals surface area contributed by atoms with Crippen LogP contribution in [0.25, 0.3) is 0 Å². The summed E-state index contributed by atoms with van der Waals surface area (Å²) in [6.45, 7) is 1.39. The minimum Gasteiger partial charge on any atom is -0.469 e. The molecule has 4 heterocycles. The van der Waals surface area contributed by atoms with Gasteiger partial charge in [-0.2, -0.15) is 13.2 Å². The molecular weight excluding hydrogens is 579 g/mol. The topological polar surface area (TPSA) is 102 Å². The van der Waals surface area contributed by atoms with Gasteiger partial charge in [-0.05, 0) is 49.4 Å². The van der Waals surface area contributed by atoms with E-state index in [4.69, 9.17) is 4.42 Å². The number of benzene rings is 2. The van der Waals surface area contributed by atoms with E-state index < -0.39 is 58.0 Å². The number of carbonyl (C=O) groups is 3. The minimum atomic E-state index is -4.59. The molecule has 1 saturated heterocycles. The lowest BCUT2D eigenvalue weighted by Crippen LogP contribution is -2.32. The molecule has 2 aliphatic heterocycles. The van der Waals surface area contributed by atoms with Crippen LogP contribution in [0.5, 0.6) is 0 Å². The maximum Gasteiger partial charge on any atom is 0.416 e. The number of carbonyl (C=O) groups excluding carboxylic acids is 3. The fourth-order valence-electron chi connectivity index (χ4n) is 5.10. The van der Waals surface area contributed by atoms with Crippen LogP contribution in [0.3, 0.4) is 0 Å². The zero-order valence-electron chi connectivity index (χ0n) is 21.2. The van der Waals surface area contributed by atoms with E-state index in [1.165, 1.54) is 23.0 Å². The first-order valence-corrected chi connectivity index (χ1v) is 14.1. The number of thiazole rings is 1. The fraction of sp³-hybridized carbons (Fsp3) is 0.214. The van der Waals surface area contributed by atoms with Gasteiger partial charge in [0.25, 0.3) is 0 Å². The Kier molecular flexibility index (Phi) is 6.65. The quantitative estimate of drug-likeness (QED) is 0.314. The molecule has 0 radical (unpaired) electrons. The lowest BCUT2D eigenvalue weighted by molar-refractivity contribution is -0.137. The average molecular weight is 600 g/mol. The van der Waals surface area contributed by atoms with Crippen molar-refractivity contribution in [1.82, 2.24) is 4.57 Å². The summed E-state index contributed by atoms with van der Waals surface area (Å²) in [6, 6.07) is 14.5. The standard InChI is InChI=1S/C28H20F3N3O5S2/c1-14-7-9-17(10-8-14)34-24(36)21-20(18-6-3-11-39-18)23-26(40-22(21)25(34)37)33(27(38)41-23)13-19(35)32-16-5-2-4-15(12-16)28(29,30)31/h2-12,20-22H,13H2,1H3,(H,32,35). The molecule has 1 fully saturated rings. The summed E-state index contributed by atoms with van der Waals surface area (Å²) >= 11 is 1.88. The van der Waals surface area contributed by atoms with E-state index in [1.807, 2.05) is 6.92 Å².